The van der Waals surface area contributed by atoms with Crippen molar-refractivity contribution in [1.29, 1.82) is 0 Å². The molecular weight excluding hydrogens is 294 g/mol. The van der Waals surface area contributed by atoms with Crippen molar-refractivity contribution in [3.8, 4) is 5.75 Å². The molecule has 1 aromatic carbocycles. The first kappa shape index (κ1) is 17.6. The molecule has 0 bridgehead atoms. The molecule has 1 fully saturated rings. The molecule has 1 aliphatic heterocycles. The molecule has 6 nitrogen and oxygen atoms in total. The molecule has 23 heavy (non-hydrogen) atoms. The third-order valence-corrected chi connectivity index (χ3v) is 3.85. The summed E-state index contributed by atoms with van der Waals surface area (Å²) in [5.41, 5.74) is 0.135. The van der Waals surface area contributed by atoms with E-state index in [-0.39, 0.29) is 12.6 Å². The van der Waals surface area contributed by atoms with Gasteiger partial charge in [-0.05, 0) is 43.5 Å². The summed E-state index contributed by atoms with van der Waals surface area (Å²) in [5, 5.41) is 19.0. The summed E-state index contributed by atoms with van der Waals surface area (Å²) in [7, 11) is 0. The fraction of sp³-hybridized carbons (Fsp3) is 0.588. The summed E-state index contributed by atoms with van der Waals surface area (Å²) in [6.45, 7) is 4.86. The molecule has 1 saturated heterocycles. The number of ether oxygens (including phenoxy) is 1. The van der Waals surface area contributed by atoms with Crippen LogP contribution in [0.25, 0.3) is 0 Å². The quantitative estimate of drug-likeness (QED) is 0.612. The van der Waals surface area contributed by atoms with Crippen molar-refractivity contribution in [3.05, 3.63) is 29.8 Å². The zero-order valence-electron chi connectivity index (χ0n) is 13.7. The van der Waals surface area contributed by atoms with E-state index in [0.717, 1.165) is 30.7 Å². The van der Waals surface area contributed by atoms with E-state index in [1.807, 2.05) is 24.3 Å². The van der Waals surface area contributed by atoms with Gasteiger partial charge in [0.15, 0.2) is 0 Å². The van der Waals surface area contributed by atoms with Crippen LogP contribution in [-0.4, -0.2) is 43.0 Å². The zero-order chi connectivity index (χ0) is 16.5. The topological polar surface area (TPSA) is 82.6 Å². The van der Waals surface area contributed by atoms with Gasteiger partial charge in [0.1, 0.15) is 5.75 Å². The number of piperidine rings is 1. The normalized spacial score (nSPS) is 20.8. The number of hydrogen-bond donors (Lipinski definition) is 4. The highest BCUT2D eigenvalue weighted by atomic mass is 16.5. The number of urea groups is 1. The second-order valence-electron chi connectivity index (χ2n) is 6.04. The van der Waals surface area contributed by atoms with E-state index in [2.05, 4.69) is 22.9 Å². The SMILES string of the molecule is CCCOc1cccc(CNC(=O)NCC2(O)CCCNC2)c1. The van der Waals surface area contributed by atoms with Gasteiger partial charge in [-0.1, -0.05) is 19.1 Å². The Labute approximate surface area is 137 Å². The van der Waals surface area contributed by atoms with Gasteiger partial charge < -0.3 is 25.8 Å². The van der Waals surface area contributed by atoms with Crippen molar-refractivity contribution in [2.75, 3.05) is 26.2 Å². The third kappa shape index (κ3) is 6.08. The number of hydrogen-bond acceptors (Lipinski definition) is 4. The minimum atomic E-state index is -0.844. The molecule has 4 N–H and O–H groups in total. The van der Waals surface area contributed by atoms with Crippen LogP contribution in [0.4, 0.5) is 4.79 Å². The molecule has 1 aliphatic rings. The number of benzene rings is 1. The van der Waals surface area contributed by atoms with Crippen LogP contribution in [0, 0.1) is 0 Å². The van der Waals surface area contributed by atoms with Gasteiger partial charge >= 0.3 is 6.03 Å². The molecule has 0 aliphatic carbocycles. The molecule has 128 valence electrons. The van der Waals surface area contributed by atoms with E-state index in [1.165, 1.54) is 0 Å². The Hall–Kier alpha value is -1.79. The second kappa shape index (κ2) is 8.74. The average Bonchev–Trinajstić information content (AvgIpc) is 2.57. The molecule has 0 spiro atoms. The molecule has 0 radical (unpaired) electrons. The number of carbonyl (C=O) groups is 1. The van der Waals surface area contributed by atoms with Crippen LogP contribution in [0.5, 0.6) is 5.75 Å². The van der Waals surface area contributed by atoms with Crippen molar-refractivity contribution in [2.24, 2.45) is 0 Å². The fourth-order valence-electron chi connectivity index (χ4n) is 2.56. The first-order valence-electron chi connectivity index (χ1n) is 8.28. The summed E-state index contributed by atoms with van der Waals surface area (Å²) in [4.78, 5) is 11.9. The molecule has 0 aromatic heterocycles. The summed E-state index contributed by atoms with van der Waals surface area (Å²) >= 11 is 0. The predicted molar refractivity (Wildman–Crippen MR) is 89.5 cm³/mol. The molecule has 1 unspecified atom stereocenters. The molecule has 0 saturated carbocycles. The van der Waals surface area contributed by atoms with Crippen LogP contribution in [0.1, 0.15) is 31.7 Å². The van der Waals surface area contributed by atoms with E-state index in [0.29, 0.717) is 26.1 Å². The molecule has 1 heterocycles. The number of aliphatic hydroxyl groups is 1. The Balaban J connectivity index is 1.73. The Morgan fingerprint density at radius 2 is 2.30 bits per heavy atom. The molecule has 1 aromatic rings. The average molecular weight is 321 g/mol. The molecule has 1 atom stereocenters. The van der Waals surface area contributed by atoms with Crippen LogP contribution in [0.3, 0.4) is 0 Å². The first-order valence-corrected chi connectivity index (χ1v) is 8.28. The maximum absolute atomic E-state index is 11.9. The number of rotatable bonds is 7. The largest absolute Gasteiger partial charge is 0.494 e. The highest BCUT2D eigenvalue weighted by molar-refractivity contribution is 5.73. The van der Waals surface area contributed by atoms with Gasteiger partial charge in [-0.3, -0.25) is 0 Å². The maximum atomic E-state index is 11.9. The van der Waals surface area contributed by atoms with Gasteiger partial charge in [-0.2, -0.15) is 0 Å². The Morgan fingerprint density at radius 1 is 1.43 bits per heavy atom. The zero-order valence-corrected chi connectivity index (χ0v) is 13.7. The monoisotopic (exact) mass is 321 g/mol. The number of nitrogens with one attached hydrogen (secondary N) is 3. The van der Waals surface area contributed by atoms with Gasteiger partial charge in [-0.15, -0.1) is 0 Å². The maximum Gasteiger partial charge on any atom is 0.315 e. The van der Waals surface area contributed by atoms with Gasteiger partial charge in [0.25, 0.3) is 0 Å². The molecule has 2 rings (SSSR count). The lowest BCUT2D eigenvalue weighted by molar-refractivity contribution is 0.0194. The summed E-state index contributed by atoms with van der Waals surface area (Å²) < 4.78 is 5.57. The van der Waals surface area contributed by atoms with Crippen LogP contribution in [0.2, 0.25) is 0 Å². The second-order valence-corrected chi connectivity index (χ2v) is 6.04. The molecule has 2 amide bonds. The van der Waals surface area contributed by atoms with E-state index in [4.69, 9.17) is 4.74 Å². The van der Waals surface area contributed by atoms with Crippen molar-refractivity contribution in [2.45, 2.75) is 38.3 Å². The van der Waals surface area contributed by atoms with Gasteiger partial charge in [0.05, 0.1) is 12.2 Å². The van der Waals surface area contributed by atoms with E-state index < -0.39 is 5.60 Å². The summed E-state index contributed by atoms with van der Waals surface area (Å²) in [6, 6.07) is 7.41. The van der Waals surface area contributed by atoms with Crippen molar-refractivity contribution < 1.29 is 14.6 Å². The van der Waals surface area contributed by atoms with E-state index >= 15 is 0 Å². The number of amides is 2. The van der Waals surface area contributed by atoms with E-state index in [1.54, 1.807) is 0 Å². The first-order chi connectivity index (χ1) is 11.1. The smallest absolute Gasteiger partial charge is 0.315 e. The Bertz CT molecular complexity index is 502. The summed E-state index contributed by atoms with van der Waals surface area (Å²) in [6.07, 6.45) is 2.59. The Morgan fingerprint density at radius 3 is 3.04 bits per heavy atom. The van der Waals surface area contributed by atoms with Crippen LogP contribution in [-0.2, 0) is 6.54 Å². The van der Waals surface area contributed by atoms with Crippen molar-refractivity contribution >= 4 is 6.03 Å². The standard InChI is InChI=1S/C17H27N3O3/c1-2-9-23-15-6-3-5-14(10-15)11-19-16(21)20-13-17(22)7-4-8-18-12-17/h3,5-6,10,18,22H,2,4,7-9,11-13H2,1H3,(H2,19,20,21). The highest BCUT2D eigenvalue weighted by Gasteiger charge is 2.29. The van der Waals surface area contributed by atoms with Gasteiger partial charge in [-0.25, -0.2) is 4.79 Å². The number of carbonyl (C=O) groups excluding carboxylic acids is 1. The molecule has 6 heteroatoms. The Kier molecular flexibility index (Phi) is 6.67. The minimum absolute atomic E-state index is 0.255. The molecular formula is C17H27N3O3. The van der Waals surface area contributed by atoms with Crippen LogP contribution >= 0.6 is 0 Å². The van der Waals surface area contributed by atoms with Crippen molar-refractivity contribution in [3.63, 3.8) is 0 Å². The van der Waals surface area contributed by atoms with Crippen LogP contribution in [0.15, 0.2) is 24.3 Å². The predicted octanol–water partition coefficient (Wildman–Crippen LogP) is 1.39. The van der Waals surface area contributed by atoms with Crippen LogP contribution < -0.4 is 20.7 Å². The highest BCUT2D eigenvalue weighted by Crippen LogP contribution is 2.15. The van der Waals surface area contributed by atoms with Gasteiger partial charge in [0, 0.05) is 19.6 Å². The van der Waals surface area contributed by atoms with Crippen molar-refractivity contribution in [1.82, 2.24) is 16.0 Å². The van der Waals surface area contributed by atoms with E-state index in [9.17, 15) is 9.90 Å². The van der Waals surface area contributed by atoms with Gasteiger partial charge in [0.2, 0.25) is 0 Å². The summed E-state index contributed by atoms with van der Waals surface area (Å²) in [5.74, 6) is 0.814. The lowest BCUT2D eigenvalue weighted by Gasteiger charge is -2.32. The minimum Gasteiger partial charge on any atom is -0.494 e. The fourth-order valence-corrected chi connectivity index (χ4v) is 2.56. The third-order valence-electron chi connectivity index (χ3n) is 3.85. The lowest BCUT2D eigenvalue weighted by atomic mass is 9.94. The lowest BCUT2D eigenvalue weighted by Crippen LogP contribution is -2.54. The number of β-amino-alcohol motifs (C(OH)–C–C–N with tert-alkyl or cyclic N) is 1.